The average molecular weight is 1680 g/mol. The second-order valence-electron chi connectivity index (χ2n) is 34.7. The van der Waals surface area contributed by atoms with E-state index in [9.17, 15) is 0 Å². The molecule has 8 nitrogen and oxygen atoms in total. The maximum Gasteiger partial charge on any atom is 0.235 e. The number of rotatable bonds is 14. The van der Waals surface area contributed by atoms with Gasteiger partial charge >= 0.3 is 0 Å². The lowest BCUT2D eigenvalue weighted by Gasteiger charge is -2.18. The van der Waals surface area contributed by atoms with Crippen molar-refractivity contribution in [2.24, 2.45) is 0 Å². The summed E-state index contributed by atoms with van der Waals surface area (Å²) in [4.78, 5) is 12.3. The minimum Gasteiger partial charge on any atom is -0.309 e. The Bertz CT molecular complexity index is 8890. The molecule has 0 spiro atoms. The topological polar surface area (TPSA) is 55.4 Å². The van der Waals surface area contributed by atoms with Crippen LogP contribution in [0.25, 0.3) is 254 Å². The zero-order chi connectivity index (χ0) is 86.6. The van der Waals surface area contributed by atoms with E-state index >= 15 is 0 Å². The Balaban J connectivity index is 0.702. The summed E-state index contributed by atoms with van der Waals surface area (Å²) in [5.41, 5.74) is 35.4. The van der Waals surface area contributed by atoms with Crippen LogP contribution in [-0.4, -0.2) is 37.4 Å². The molecule has 0 radical (unpaired) electrons. The molecule has 0 fully saturated rings. The molecular formula is C124H78N8. The summed E-state index contributed by atoms with van der Waals surface area (Å²) in [6.07, 6.45) is 0. The van der Waals surface area contributed by atoms with Crippen molar-refractivity contribution in [2.45, 2.75) is 0 Å². The van der Waals surface area contributed by atoms with E-state index in [1.165, 1.54) is 54.1 Å². The summed E-state index contributed by atoms with van der Waals surface area (Å²) < 4.78 is 14.4. The van der Waals surface area contributed by atoms with Crippen LogP contribution in [0.15, 0.2) is 473 Å². The molecule has 0 bridgehead atoms. The quantitative estimate of drug-likeness (QED) is 0.109. The number of para-hydroxylation sites is 8. The third-order valence-corrected chi connectivity index (χ3v) is 27.4. The van der Waals surface area contributed by atoms with Gasteiger partial charge in [0, 0.05) is 104 Å². The first-order chi connectivity index (χ1) is 65.5. The first-order valence-corrected chi connectivity index (χ1v) is 45.2. The Morgan fingerprint density at radius 3 is 0.712 bits per heavy atom. The molecule has 0 unspecified atom stereocenters. The first kappa shape index (κ1) is 74.5. The SMILES string of the molecule is c1ccc(-c2cccc(-c3ccccc3)c2-c2cc(-c3cccc(-n4c5cc(-c6ccc7c(c6)c6ccccc6n7-c6ccccc6)ccc5c5ccc(-c6ccc7c(c6)c6ccccc6n7-c6ccccc6)cc54)c3)nc(-n3c4cc(-c5ccc6c(c5)c5ccccc5n6-c5ccccc5)ccc4c4ccc(-c5ccc6c(c5)c5ccccc5n6-c5ccccc5)cc43)n2)cc1. The van der Waals surface area contributed by atoms with Crippen molar-refractivity contribution >= 4 is 131 Å². The third kappa shape index (κ3) is 11.9. The summed E-state index contributed by atoms with van der Waals surface area (Å²) >= 11 is 0. The van der Waals surface area contributed by atoms with Crippen molar-refractivity contribution in [3.05, 3.63) is 473 Å². The minimum absolute atomic E-state index is 0.533. The lowest BCUT2D eigenvalue weighted by atomic mass is 9.89. The van der Waals surface area contributed by atoms with Crippen LogP contribution in [0.2, 0.25) is 0 Å². The molecule has 27 rings (SSSR count). The molecule has 0 aliphatic carbocycles. The Kier molecular flexibility index (Phi) is 16.9. The lowest BCUT2D eigenvalue weighted by molar-refractivity contribution is 0.996. The van der Waals surface area contributed by atoms with E-state index in [2.05, 4.69) is 501 Å². The van der Waals surface area contributed by atoms with Gasteiger partial charge in [0.15, 0.2) is 0 Å². The van der Waals surface area contributed by atoms with Crippen LogP contribution in [0.1, 0.15) is 0 Å². The summed E-state index contributed by atoms with van der Waals surface area (Å²) in [5, 5.41) is 14.0. The number of hydrogen-bond acceptors (Lipinski definition) is 2. The molecule has 0 aliphatic heterocycles. The van der Waals surface area contributed by atoms with Gasteiger partial charge in [-0.25, -0.2) is 9.97 Å². The molecule has 0 N–H and O–H groups in total. The van der Waals surface area contributed by atoms with Crippen LogP contribution < -0.4 is 0 Å². The van der Waals surface area contributed by atoms with Crippen LogP contribution in [0.3, 0.4) is 0 Å². The smallest absolute Gasteiger partial charge is 0.235 e. The van der Waals surface area contributed by atoms with E-state index < -0.39 is 0 Å². The summed E-state index contributed by atoms with van der Waals surface area (Å²) in [7, 11) is 0. The molecule has 27 aromatic rings. The molecule has 0 saturated heterocycles. The lowest BCUT2D eigenvalue weighted by Crippen LogP contribution is -2.05. The number of fused-ring (bicyclic) bond motifs is 18. The Morgan fingerprint density at radius 2 is 0.371 bits per heavy atom. The standard InChI is InChI=1S/C124H78N8/c1-7-29-79(30-8-1)95-47-28-48-96(80-31-9-2-10-32-80)123(95)110-78-109(125-124(126-110)132-121-76-87(83-59-67-117-107(72-83)99-45-21-25-51-113(99)129(117)92-38-15-5-16-39-92)55-63-103(121)104-64-56-88(77-122(104)132)84-60-68-118-108(73-84)100-46-22-26-52-114(100)130(118)93-40-17-6-18-41-93)89-33-27-42-94(69-89)131-119-74-85(81-57-65-115-105(70-81)97-43-19-23-49-111(97)127(115)90-34-11-3-12-35-90)53-61-101(119)102-62-54-86(75-120(102)131)82-58-66-116-106(71-82)98-44-20-24-50-112(98)128(116)91-36-13-4-14-37-91/h1-78H. The normalized spacial score (nSPS) is 11.9. The molecule has 7 aromatic heterocycles. The molecule has 0 saturated carbocycles. The molecule has 7 heterocycles. The van der Waals surface area contributed by atoms with E-state index in [0.29, 0.717) is 5.95 Å². The van der Waals surface area contributed by atoms with Gasteiger partial charge in [0.25, 0.3) is 0 Å². The Hall–Kier alpha value is -17.7. The highest BCUT2D eigenvalue weighted by Crippen LogP contribution is 2.48. The highest BCUT2D eigenvalue weighted by molar-refractivity contribution is 6.18. The summed E-state index contributed by atoms with van der Waals surface area (Å²) in [6, 6.07) is 174. The van der Waals surface area contributed by atoms with Crippen molar-refractivity contribution in [2.75, 3.05) is 0 Å². The van der Waals surface area contributed by atoms with Crippen molar-refractivity contribution in [1.82, 2.24) is 37.4 Å². The van der Waals surface area contributed by atoms with Gasteiger partial charge in [0.2, 0.25) is 5.95 Å². The first-order valence-electron chi connectivity index (χ1n) is 45.2. The van der Waals surface area contributed by atoms with Crippen molar-refractivity contribution in [1.29, 1.82) is 0 Å². The zero-order valence-electron chi connectivity index (χ0n) is 71.6. The number of benzene rings is 20. The van der Waals surface area contributed by atoms with Gasteiger partial charge in [-0.05, 0) is 231 Å². The van der Waals surface area contributed by atoms with Crippen molar-refractivity contribution in [3.8, 4) is 124 Å². The maximum absolute atomic E-state index is 6.14. The average Bonchev–Trinajstić information content (AvgIpc) is 1.56. The second-order valence-corrected chi connectivity index (χ2v) is 34.7. The van der Waals surface area contributed by atoms with Crippen LogP contribution in [0, 0.1) is 0 Å². The number of aromatic nitrogens is 8. The molecule has 20 aromatic carbocycles. The largest absolute Gasteiger partial charge is 0.309 e. The van der Waals surface area contributed by atoms with Gasteiger partial charge in [-0.15, -0.1) is 0 Å². The fourth-order valence-electron chi connectivity index (χ4n) is 21.4. The fraction of sp³-hybridized carbons (Fsp3) is 0. The summed E-state index contributed by atoms with van der Waals surface area (Å²) in [5.74, 6) is 0.533. The summed E-state index contributed by atoms with van der Waals surface area (Å²) in [6.45, 7) is 0. The predicted molar refractivity (Wildman–Crippen MR) is 552 cm³/mol. The fourth-order valence-corrected chi connectivity index (χ4v) is 21.4. The van der Waals surface area contributed by atoms with Gasteiger partial charge in [-0.3, -0.25) is 4.57 Å². The maximum atomic E-state index is 6.14. The van der Waals surface area contributed by atoms with Crippen molar-refractivity contribution < 1.29 is 0 Å². The molecular weight excluding hydrogens is 1600 g/mol. The van der Waals surface area contributed by atoms with E-state index in [0.717, 1.165) is 194 Å². The molecule has 8 heteroatoms. The molecule has 0 aliphatic rings. The van der Waals surface area contributed by atoms with E-state index in [-0.39, 0.29) is 0 Å². The van der Waals surface area contributed by atoms with Crippen molar-refractivity contribution in [3.63, 3.8) is 0 Å². The van der Waals surface area contributed by atoms with E-state index in [4.69, 9.17) is 9.97 Å². The second kappa shape index (κ2) is 30.0. The van der Waals surface area contributed by atoms with Crippen LogP contribution in [0.4, 0.5) is 0 Å². The van der Waals surface area contributed by atoms with Crippen LogP contribution in [-0.2, 0) is 0 Å². The highest BCUT2D eigenvalue weighted by atomic mass is 15.2. The predicted octanol–water partition coefficient (Wildman–Crippen LogP) is 32.4. The third-order valence-electron chi connectivity index (χ3n) is 27.4. The molecule has 0 atom stereocenters. The van der Waals surface area contributed by atoms with Gasteiger partial charge in [0.1, 0.15) is 0 Å². The molecule has 0 amide bonds. The Labute approximate surface area is 759 Å². The zero-order valence-corrected chi connectivity index (χ0v) is 71.6. The molecule has 614 valence electrons. The van der Waals surface area contributed by atoms with Crippen LogP contribution in [0.5, 0.6) is 0 Å². The monoisotopic (exact) mass is 1680 g/mol. The van der Waals surface area contributed by atoms with Gasteiger partial charge < -0.3 is 22.8 Å². The number of nitrogens with zero attached hydrogens (tertiary/aromatic N) is 8. The van der Waals surface area contributed by atoms with Crippen LogP contribution >= 0.6 is 0 Å². The molecule has 132 heavy (non-hydrogen) atoms. The Morgan fingerprint density at radius 1 is 0.129 bits per heavy atom. The highest BCUT2D eigenvalue weighted by Gasteiger charge is 2.27. The number of hydrogen-bond donors (Lipinski definition) is 0. The van der Waals surface area contributed by atoms with Gasteiger partial charge in [-0.2, -0.15) is 0 Å². The van der Waals surface area contributed by atoms with E-state index in [1.54, 1.807) is 0 Å². The minimum atomic E-state index is 0.533. The van der Waals surface area contributed by atoms with Gasteiger partial charge in [0.05, 0.1) is 77.6 Å². The van der Waals surface area contributed by atoms with Gasteiger partial charge in [-0.1, -0.05) is 309 Å². The van der Waals surface area contributed by atoms with E-state index in [1.807, 2.05) is 0 Å².